The van der Waals surface area contributed by atoms with Gasteiger partial charge in [-0.3, -0.25) is 4.99 Å². The number of urea groups is 1. The number of fused-ring (bicyclic) bond motifs is 1. The summed E-state index contributed by atoms with van der Waals surface area (Å²) in [6, 6.07) is 13.6. The highest BCUT2D eigenvalue weighted by Gasteiger charge is 2.13. The molecule has 1 heterocycles. The summed E-state index contributed by atoms with van der Waals surface area (Å²) in [6.45, 7) is 5.50. The number of rotatable bonds is 7. The molecule has 0 saturated carbocycles. The zero-order valence-corrected chi connectivity index (χ0v) is 20.4. The van der Waals surface area contributed by atoms with E-state index in [0.29, 0.717) is 6.54 Å². The molecule has 2 amide bonds. The van der Waals surface area contributed by atoms with E-state index in [-0.39, 0.29) is 42.8 Å². The van der Waals surface area contributed by atoms with Gasteiger partial charge in [0.1, 0.15) is 0 Å². The van der Waals surface area contributed by atoms with Crippen molar-refractivity contribution in [2.45, 2.75) is 32.9 Å². The van der Waals surface area contributed by atoms with Gasteiger partial charge in [-0.25, -0.2) is 4.79 Å². The molecule has 1 aliphatic rings. The number of carbonyl (C=O) groups is 1. The topological polar surface area (TPSA) is 96.0 Å². The molecule has 0 atom stereocenters. The highest BCUT2D eigenvalue weighted by molar-refractivity contribution is 14.0. The predicted octanol–water partition coefficient (Wildman–Crippen LogP) is 3.47. The van der Waals surface area contributed by atoms with Crippen LogP contribution in [0.5, 0.6) is 11.5 Å². The fourth-order valence-corrected chi connectivity index (χ4v) is 2.96. The number of nitrogens with zero attached hydrogens (tertiary/aromatic N) is 1. The molecule has 0 aromatic heterocycles. The molecule has 0 saturated heterocycles. The molecule has 4 N–H and O–H groups in total. The van der Waals surface area contributed by atoms with E-state index in [0.717, 1.165) is 41.7 Å². The first kappa shape index (κ1) is 24.6. The van der Waals surface area contributed by atoms with Crippen LogP contribution in [0.25, 0.3) is 0 Å². The van der Waals surface area contributed by atoms with Crippen molar-refractivity contribution in [1.29, 1.82) is 0 Å². The number of anilines is 1. The first-order chi connectivity index (χ1) is 14.5. The molecule has 0 aliphatic carbocycles. The third-order valence-corrected chi connectivity index (χ3v) is 4.46. The molecule has 0 fully saturated rings. The molecular formula is C22H30IN5O3. The van der Waals surface area contributed by atoms with Gasteiger partial charge in [-0.05, 0) is 55.7 Å². The first-order valence-electron chi connectivity index (χ1n) is 10.0. The zero-order chi connectivity index (χ0) is 21.3. The number of halogens is 1. The summed E-state index contributed by atoms with van der Waals surface area (Å²) in [7, 11) is 1.75. The molecule has 0 bridgehead atoms. The van der Waals surface area contributed by atoms with Crippen LogP contribution in [0.2, 0.25) is 0 Å². The highest BCUT2D eigenvalue weighted by Crippen LogP contribution is 2.32. The summed E-state index contributed by atoms with van der Waals surface area (Å²) in [5, 5.41) is 12.2. The lowest BCUT2D eigenvalue weighted by Crippen LogP contribution is -2.37. The number of hydrogen-bond acceptors (Lipinski definition) is 4. The monoisotopic (exact) mass is 539 g/mol. The van der Waals surface area contributed by atoms with Crippen LogP contribution in [0.15, 0.2) is 47.5 Å². The van der Waals surface area contributed by atoms with Crippen molar-refractivity contribution in [1.82, 2.24) is 16.0 Å². The molecule has 1 aliphatic heterocycles. The highest BCUT2D eigenvalue weighted by atomic mass is 127. The average molecular weight is 539 g/mol. The van der Waals surface area contributed by atoms with E-state index in [1.165, 1.54) is 5.56 Å². The zero-order valence-electron chi connectivity index (χ0n) is 18.0. The number of benzene rings is 2. The minimum atomic E-state index is -0.206. The summed E-state index contributed by atoms with van der Waals surface area (Å²) >= 11 is 0. The lowest BCUT2D eigenvalue weighted by Gasteiger charge is -2.13. The van der Waals surface area contributed by atoms with Crippen LogP contribution < -0.4 is 30.7 Å². The van der Waals surface area contributed by atoms with E-state index >= 15 is 0 Å². The Kier molecular flexibility index (Phi) is 9.70. The fourth-order valence-electron chi connectivity index (χ4n) is 2.96. The quantitative estimate of drug-likeness (QED) is 0.246. The molecule has 3 rings (SSSR count). The van der Waals surface area contributed by atoms with E-state index in [4.69, 9.17) is 9.47 Å². The molecule has 168 valence electrons. The summed E-state index contributed by atoms with van der Waals surface area (Å²) in [5.41, 5.74) is 3.01. The molecule has 2 aromatic carbocycles. The second-order valence-electron chi connectivity index (χ2n) is 7.24. The number of nitrogens with one attached hydrogen (secondary N) is 4. The van der Waals surface area contributed by atoms with Gasteiger partial charge in [0.2, 0.25) is 6.79 Å². The number of guanidine groups is 1. The molecule has 0 spiro atoms. The lowest BCUT2D eigenvalue weighted by atomic mass is 10.1. The maximum atomic E-state index is 11.7. The van der Waals surface area contributed by atoms with Gasteiger partial charge in [0.15, 0.2) is 17.5 Å². The van der Waals surface area contributed by atoms with Gasteiger partial charge in [-0.2, -0.15) is 0 Å². The van der Waals surface area contributed by atoms with Crippen LogP contribution in [0.3, 0.4) is 0 Å². The molecule has 2 aromatic rings. The van der Waals surface area contributed by atoms with Crippen molar-refractivity contribution >= 4 is 41.7 Å². The number of hydrogen-bond donors (Lipinski definition) is 4. The Morgan fingerprint density at radius 3 is 2.45 bits per heavy atom. The number of carbonyl (C=O) groups excluding carboxylic acids is 1. The van der Waals surface area contributed by atoms with Crippen molar-refractivity contribution in [2.24, 2.45) is 4.99 Å². The summed E-state index contributed by atoms with van der Waals surface area (Å²) in [6.07, 6.45) is 0.843. The summed E-state index contributed by atoms with van der Waals surface area (Å²) in [4.78, 5) is 16.0. The van der Waals surface area contributed by atoms with Crippen LogP contribution in [-0.2, 0) is 13.0 Å². The van der Waals surface area contributed by atoms with Crippen molar-refractivity contribution in [2.75, 3.05) is 25.7 Å². The lowest BCUT2D eigenvalue weighted by molar-refractivity contribution is 0.174. The van der Waals surface area contributed by atoms with E-state index in [9.17, 15) is 4.79 Å². The van der Waals surface area contributed by atoms with Gasteiger partial charge in [-0.1, -0.05) is 18.2 Å². The SMILES string of the molecule is CN=C(NCCc1ccc2c(c1)OCO2)NCc1ccc(NC(=O)NC(C)C)cc1.I. The Balaban J connectivity index is 0.00000341. The van der Waals surface area contributed by atoms with Gasteiger partial charge in [-0.15, -0.1) is 24.0 Å². The van der Waals surface area contributed by atoms with Crippen LogP contribution in [0.1, 0.15) is 25.0 Å². The second kappa shape index (κ2) is 12.2. The van der Waals surface area contributed by atoms with E-state index in [1.54, 1.807) is 7.05 Å². The Hall–Kier alpha value is -2.69. The Labute approximate surface area is 200 Å². The smallest absolute Gasteiger partial charge is 0.319 e. The predicted molar refractivity (Wildman–Crippen MR) is 134 cm³/mol. The Morgan fingerprint density at radius 2 is 1.74 bits per heavy atom. The molecule has 31 heavy (non-hydrogen) atoms. The summed E-state index contributed by atoms with van der Waals surface area (Å²) < 4.78 is 10.8. The van der Waals surface area contributed by atoms with Crippen molar-refractivity contribution in [3.05, 3.63) is 53.6 Å². The minimum absolute atomic E-state index is 0. The van der Waals surface area contributed by atoms with Crippen LogP contribution in [0, 0.1) is 0 Å². The normalized spacial score (nSPS) is 12.2. The average Bonchev–Trinajstić information content (AvgIpc) is 3.19. The van der Waals surface area contributed by atoms with E-state index in [1.807, 2.05) is 56.3 Å². The van der Waals surface area contributed by atoms with Gasteiger partial charge in [0.05, 0.1) is 0 Å². The van der Waals surface area contributed by atoms with Gasteiger partial charge in [0, 0.05) is 31.9 Å². The van der Waals surface area contributed by atoms with Crippen LogP contribution >= 0.6 is 24.0 Å². The molecule has 0 radical (unpaired) electrons. The van der Waals surface area contributed by atoms with Crippen molar-refractivity contribution < 1.29 is 14.3 Å². The molecule has 9 heteroatoms. The molecule has 8 nitrogen and oxygen atoms in total. The van der Waals surface area contributed by atoms with Crippen LogP contribution in [0.4, 0.5) is 10.5 Å². The van der Waals surface area contributed by atoms with Crippen molar-refractivity contribution in [3.63, 3.8) is 0 Å². The van der Waals surface area contributed by atoms with Crippen LogP contribution in [-0.4, -0.2) is 38.4 Å². The molecular weight excluding hydrogens is 509 g/mol. The largest absolute Gasteiger partial charge is 0.454 e. The number of aliphatic imine (C=N–C) groups is 1. The number of amides is 2. The van der Waals surface area contributed by atoms with Crippen molar-refractivity contribution in [3.8, 4) is 11.5 Å². The Bertz CT molecular complexity index is 887. The first-order valence-corrected chi connectivity index (χ1v) is 10.0. The van der Waals surface area contributed by atoms with E-state index < -0.39 is 0 Å². The second-order valence-corrected chi connectivity index (χ2v) is 7.24. The minimum Gasteiger partial charge on any atom is -0.454 e. The third-order valence-electron chi connectivity index (χ3n) is 4.46. The maximum absolute atomic E-state index is 11.7. The van der Waals surface area contributed by atoms with Gasteiger partial charge in [0.25, 0.3) is 0 Å². The van der Waals surface area contributed by atoms with E-state index in [2.05, 4.69) is 26.3 Å². The standard InChI is InChI=1S/C22H29N5O3.HI/c1-15(2)26-22(28)27-18-7-4-17(5-8-18)13-25-21(23-3)24-11-10-16-6-9-19-20(12-16)30-14-29-19;/h4-9,12,15H,10-11,13-14H2,1-3H3,(H2,23,24,25)(H2,26,27,28);1H. The number of ether oxygens (including phenoxy) is 2. The van der Waals surface area contributed by atoms with Gasteiger partial charge >= 0.3 is 6.03 Å². The summed E-state index contributed by atoms with van der Waals surface area (Å²) in [5.74, 6) is 2.33. The fraction of sp³-hybridized carbons (Fsp3) is 0.364. The third kappa shape index (κ3) is 7.82. The molecule has 0 unspecified atom stereocenters. The van der Waals surface area contributed by atoms with Gasteiger partial charge < -0.3 is 30.7 Å². The maximum Gasteiger partial charge on any atom is 0.319 e. The Morgan fingerprint density at radius 1 is 1.03 bits per heavy atom.